The molecule has 0 amide bonds. The number of anilines is 2. The molecule has 0 saturated carbocycles. The second-order valence-electron chi connectivity index (χ2n) is 6.51. The lowest BCUT2D eigenvalue weighted by molar-refractivity contribution is 0.744. The maximum Gasteiger partial charge on any atom is 0.245 e. The van der Waals surface area contributed by atoms with Gasteiger partial charge in [-0.25, -0.2) is 9.36 Å². The normalized spacial score (nSPS) is 18.4. The minimum atomic E-state index is 0.824. The smallest absolute Gasteiger partial charge is 0.245 e. The van der Waals surface area contributed by atoms with E-state index < -0.39 is 0 Å². The fraction of sp³-hybridized carbons (Fsp3) is 0.625. The van der Waals surface area contributed by atoms with E-state index in [0.29, 0.717) is 0 Å². The monoisotopic (exact) mass is 328 g/mol. The lowest BCUT2D eigenvalue weighted by Crippen LogP contribution is -2.19. The Morgan fingerprint density at radius 3 is 1.42 bits per heavy atom. The first-order chi connectivity index (χ1) is 11.7. The molecule has 2 fully saturated rings. The average Bonchev–Trinajstić information content (AvgIpc) is 3.34. The molecule has 0 aliphatic carbocycles. The number of nitrogens with zero attached hydrogens (tertiary/aromatic N) is 8. The largest absolute Gasteiger partial charge is 0.340 e. The van der Waals surface area contributed by atoms with Gasteiger partial charge in [-0.1, -0.05) is 0 Å². The fourth-order valence-electron chi connectivity index (χ4n) is 3.31. The molecule has 0 bridgehead atoms. The zero-order valence-corrected chi connectivity index (χ0v) is 14.4. The molecule has 0 N–H and O–H groups in total. The third-order valence-corrected chi connectivity index (χ3v) is 4.73. The molecule has 4 rings (SSSR count). The van der Waals surface area contributed by atoms with Crippen molar-refractivity contribution in [1.82, 2.24) is 29.5 Å². The maximum atomic E-state index is 4.64. The Balaban J connectivity index is 1.52. The third-order valence-electron chi connectivity index (χ3n) is 4.73. The molecule has 2 aromatic heterocycles. The number of hydrogen-bond acceptors (Lipinski definition) is 6. The highest BCUT2D eigenvalue weighted by atomic mass is 15.4. The van der Waals surface area contributed by atoms with Crippen LogP contribution in [-0.2, 0) is 14.1 Å². The fourth-order valence-corrected chi connectivity index (χ4v) is 3.31. The molecule has 24 heavy (non-hydrogen) atoms. The van der Waals surface area contributed by atoms with Crippen LogP contribution in [0.15, 0.2) is 0 Å². The van der Waals surface area contributed by atoms with Gasteiger partial charge in [-0.05, 0) is 37.8 Å². The molecule has 0 atom stereocenters. The van der Waals surface area contributed by atoms with Crippen LogP contribution >= 0.6 is 0 Å². The van der Waals surface area contributed by atoms with Crippen LogP contribution in [0.25, 0.3) is 12.2 Å². The zero-order valence-electron chi connectivity index (χ0n) is 14.4. The molecule has 0 spiro atoms. The number of aromatic nitrogens is 6. The van der Waals surface area contributed by atoms with Crippen molar-refractivity contribution in [3.63, 3.8) is 0 Å². The summed E-state index contributed by atoms with van der Waals surface area (Å²) in [4.78, 5) is 13.8. The highest BCUT2D eigenvalue weighted by Gasteiger charge is 2.18. The van der Waals surface area contributed by atoms with E-state index in [1.165, 1.54) is 25.7 Å². The lowest BCUT2D eigenvalue weighted by Gasteiger charge is -2.10. The summed E-state index contributed by atoms with van der Waals surface area (Å²) in [5.41, 5.74) is 0. The van der Waals surface area contributed by atoms with Crippen LogP contribution in [0.1, 0.15) is 37.3 Å². The summed E-state index contributed by atoms with van der Waals surface area (Å²) < 4.78 is 3.64. The Morgan fingerprint density at radius 2 is 1.04 bits per heavy atom. The maximum absolute atomic E-state index is 4.64. The molecule has 0 radical (unpaired) electrons. The van der Waals surface area contributed by atoms with E-state index >= 15 is 0 Å². The van der Waals surface area contributed by atoms with Gasteiger partial charge in [0, 0.05) is 40.3 Å². The summed E-state index contributed by atoms with van der Waals surface area (Å²) >= 11 is 0. The molecular weight excluding hydrogens is 304 g/mol. The van der Waals surface area contributed by atoms with Crippen molar-refractivity contribution < 1.29 is 0 Å². The molecule has 8 heteroatoms. The number of rotatable bonds is 4. The van der Waals surface area contributed by atoms with Crippen LogP contribution in [0.4, 0.5) is 11.9 Å². The predicted molar refractivity (Wildman–Crippen MR) is 93.8 cm³/mol. The second-order valence-corrected chi connectivity index (χ2v) is 6.51. The highest BCUT2D eigenvalue weighted by molar-refractivity contribution is 5.64. The van der Waals surface area contributed by atoms with E-state index in [0.717, 1.165) is 49.7 Å². The molecule has 8 nitrogen and oxygen atoms in total. The molecule has 2 aliphatic heterocycles. The van der Waals surface area contributed by atoms with Gasteiger partial charge in [0.1, 0.15) is 0 Å². The number of hydrogen-bond donors (Lipinski definition) is 0. The van der Waals surface area contributed by atoms with Crippen molar-refractivity contribution in [2.75, 3.05) is 36.0 Å². The Hall–Kier alpha value is -2.38. The van der Waals surface area contributed by atoms with Crippen molar-refractivity contribution in [2.45, 2.75) is 25.7 Å². The first-order valence-electron chi connectivity index (χ1n) is 8.71. The van der Waals surface area contributed by atoms with E-state index in [4.69, 9.17) is 0 Å². The van der Waals surface area contributed by atoms with Gasteiger partial charge in [-0.15, -0.1) is 10.2 Å². The molecule has 0 aromatic carbocycles. The number of aryl methyl sites for hydroxylation is 2. The Morgan fingerprint density at radius 1 is 0.667 bits per heavy atom. The summed E-state index contributed by atoms with van der Waals surface area (Å²) in [6.07, 6.45) is 8.82. The van der Waals surface area contributed by atoms with E-state index in [9.17, 15) is 0 Å². The van der Waals surface area contributed by atoms with E-state index in [2.05, 4.69) is 30.0 Å². The van der Waals surface area contributed by atoms with Crippen molar-refractivity contribution in [3.8, 4) is 0 Å². The van der Waals surface area contributed by atoms with Crippen molar-refractivity contribution in [3.05, 3.63) is 11.6 Å². The van der Waals surface area contributed by atoms with Crippen LogP contribution in [0.2, 0.25) is 0 Å². The van der Waals surface area contributed by atoms with Crippen LogP contribution in [0.5, 0.6) is 0 Å². The predicted octanol–water partition coefficient (Wildman–Crippen LogP) is 1.31. The van der Waals surface area contributed by atoms with Crippen molar-refractivity contribution in [1.29, 1.82) is 0 Å². The quantitative estimate of drug-likeness (QED) is 0.843. The molecule has 2 saturated heterocycles. The first kappa shape index (κ1) is 15.2. The van der Waals surface area contributed by atoms with Gasteiger partial charge >= 0.3 is 0 Å². The van der Waals surface area contributed by atoms with E-state index in [1.807, 2.05) is 35.6 Å². The molecule has 128 valence electrons. The van der Waals surface area contributed by atoms with E-state index in [-0.39, 0.29) is 0 Å². The second kappa shape index (κ2) is 6.26. The van der Waals surface area contributed by atoms with Crippen molar-refractivity contribution in [2.24, 2.45) is 14.1 Å². The van der Waals surface area contributed by atoms with Gasteiger partial charge in [0.25, 0.3) is 0 Å². The van der Waals surface area contributed by atoms with Gasteiger partial charge < -0.3 is 9.80 Å². The molecular formula is C16H24N8. The van der Waals surface area contributed by atoms with Gasteiger partial charge in [-0.2, -0.15) is 9.97 Å². The third kappa shape index (κ3) is 2.88. The Labute approximate surface area is 141 Å². The van der Waals surface area contributed by atoms with E-state index in [1.54, 1.807) is 0 Å². The summed E-state index contributed by atoms with van der Waals surface area (Å²) in [7, 11) is 3.86. The first-order valence-corrected chi connectivity index (χ1v) is 8.71. The van der Waals surface area contributed by atoms with Crippen LogP contribution in [-0.4, -0.2) is 55.7 Å². The Bertz CT molecular complexity index is 669. The van der Waals surface area contributed by atoms with Crippen LogP contribution < -0.4 is 9.80 Å². The highest BCUT2D eigenvalue weighted by Crippen LogP contribution is 2.18. The minimum absolute atomic E-state index is 0.824. The Kier molecular flexibility index (Phi) is 3.95. The van der Waals surface area contributed by atoms with Crippen LogP contribution in [0.3, 0.4) is 0 Å². The zero-order chi connectivity index (χ0) is 16.5. The summed E-state index contributed by atoms with van der Waals surface area (Å²) in [6.45, 7) is 4.20. The lowest BCUT2D eigenvalue weighted by atomic mass is 10.4. The topological polar surface area (TPSA) is 67.9 Å². The van der Waals surface area contributed by atoms with Crippen LogP contribution in [0, 0.1) is 0 Å². The van der Waals surface area contributed by atoms with Gasteiger partial charge in [0.15, 0.2) is 11.6 Å². The standard InChI is InChI=1S/C16H24N8/c1-21-13(17-15(19-21)23-9-3-4-10-23)7-8-14-18-16(20-22(14)2)24-11-5-6-12-24/h7-8H,3-6,9-12H2,1-2H3/b8-7+. The van der Waals surface area contributed by atoms with Gasteiger partial charge in [0.05, 0.1) is 0 Å². The molecule has 4 heterocycles. The SMILES string of the molecule is Cn1nc(N2CCCC2)nc1/C=C/c1nc(N2CCCC2)nn1C. The van der Waals surface area contributed by atoms with Crippen molar-refractivity contribution >= 4 is 24.0 Å². The average molecular weight is 328 g/mol. The molecule has 2 aromatic rings. The summed E-state index contributed by atoms with van der Waals surface area (Å²) in [6, 6.07) is 0. The molecule has 0 unspecified atom stereocenters. The summed E-state index contributed by atoms with van der Waals surface area (Å²) in [5.74, 6) is 3.32. The van der Waals surface area contributed by atoms with Gasteiger partial charge in [-0.3, -0.25) is 0 Å². The minimum Gasteiger partial charge on any atom is -0.340 e. The van der Waals surface area contributed by atoms with Gasteiger partial charge in [0.2, 0.25) is 11.9 Å². The summed E-state index contributed by atoms with van der Waals surface area (Å²) in [5, 5.41) is 9.05. The molecule has 2 aliphatic rings.